The van der Waals surface area contributed by atoms with Gasteiger partial charge in [0, 0.05) is 23.0 Å². The van der Waals surface area contributed by atoms with E-state index in [2.05, 4.69) is 25.6 Å². The molecule has 4 aromatic rings. The zero-order valence-electron chi connectivity index (χ0n) is 13.4. The van der Waals surface area contributed by atoms with Gasteiger partial charge in [-0.05, 0) is 42.5 Å². The number of aromatic nitrogens is 3. The second-order valence-electron chi connectivity index (χ2n) is 5.56. The summed E-state index contributed by atoms with van der Waals surface area (Å²) in [5.74, 6) is -0.814. The average Bonchev–Trinajstić information content (AvgIpc) is 2.64. The van der Waals surface area contributed by atoms with Gasteiger partial charge in [0.15, 0.2) is 11.6 Å². The molecular weight excluding hydrogens is 336 g/mol. The zero-order valence-corrected chi connectivity index (χ0v) is 13.4. The highest BCUT2D eigenvalue weighted by atomic mass is 19.1. The number of halogens is 2. The standard InChI is InChI=1S/C19H13F2N5/c20-13-4-1-5-14(10-13)25-19-23-11-16(21)18(26-19)24-15-6-7-17-12(9-15)3-2-8-22-17/h1-11H,(H2,23,24,25,26). The molecule has 0 fully saturated rings. The second kappa shape index (κ2) is 6.72. The predicted molar refractivity (Wildman–Crippen MR) is 96.7 cm³/mol. The summed E-state index contributed by atoms with van der Waals surface area (Å²) in [7, 11) is 0. The Labute approximate surface area is 147 Å². The van der Waals surface area contributed by atoms with Crippen LogP contribution in [0.15, 0.2) is 67.0 Å². The molecule has 2 heterocycles. The maximum atomic E-state index is 14.1. The van der Waals surface area contributed by atoms with Crippen LogP contribution in [0.1, 0.15) is 0 Å². The van der Waals surface area contributed by atoms with E-state index in [4.69, 9.17) is 0 Å². The Balaban J connectivity index is 1.61. The number of rotatable bonds is 4. The number of nitrogens with zero attached hydrogens (tertiary/aromatic N) is 3. The summed E-state index contributed by atoms with van der Waals surface area (Å²) in [5.41, 5.74) is 1.98. The number of nitrogens with one attached hydrogen (secondary N) is 2. The van der Waals surface area contributed by atoms with E-state index in [1.54, 1.807) is 24.4 Å². The van der Waals surface area contributed by atoms with E-state index in [9.17, 15) is 8.78 Å². The van der Waals surface area contributed by atoms with Crippen LogP contribution in [0.25, 0.3) is 10.9 Å². The van der Waals surface area contributed by atoms with Crippen molar-refractivity contribution in [3.63, 3.8) is 0 Å². The maximum Gasteiger partial charge on any atom is 0.229 e. The van der Waals surface area contributed by atoms with Gasteiger partial charge >= 0.3 is 0 Å². The van der Waals surface area contributed by atoms with Gasteiger partial charge in [0.1, 0.15) is 5.82 Å². The van der Waals surface area contributed by atoms with Crippen LogP contribution >= 0.6 is 0 Å². The smallest absolute Gasteiger partial charge is 0.229 e. The first kappa shape index (κ1) is 15.9. The molecule has 0 aliphatic carbocycles. The molecule has 4 rings (SSSR count). The lowest BCUT2D eigenvalue weighted by Crippen LogP contribution is -2.03. The summed E-state index contributed by atoms with van der Waals surface area (Å²) in [5, 5.41) is 6.70. The Kier molecular flexibility index (Phi) is 4.10. The fourth-order valence-corrected chi connectivity index (χ4v) is 2.50. The molecule has 128 valence electrons. The van der Waals surface area contributed by atoms with Crippen molar-refractivity contribution >= 4 is 34.0 Å². The highest BCUT2D eigenvalue weighted by Gasteiger charge is 2.09. The second-order valence-corrected chi connectivity index (χ2v) is 5.56. The Morgan fingerprint density at radius 2 is 1.69 bits per heavy atom. The fraction of sp³-hybridized carbons (Fsp3) is 0. The molecule has 0 spiro atoms. The van der Waals surface area contributed by atoms with Gasteiger partial charge in [-0.3, -0.25) is 4.98 Å². The quantitative estimate of drug-likeness (QED) is 0.555. The highest BCUT2D eigenvalue weighted by molar-refractivity contribution is 5.83. The number of hydrogen-bond donors (Lipinski definition) is 2. The van der Waals surface area contributed by atoms with Crippen molar-refractivity contribution in [2.45, 2.75) is 0 Å². The number of anilines is 4. The van der Waals surface area contributed by atoms with Crippen molar-refractivity contribution in [2.75, 3.05) is 10.6 Å². The number of pyridine rings is 1. The van der Waals surface area contributed by atoms with E-state index in [1.807, 2.05) is 24.3 Å². The van der Waals surface area contributed by atoms with E-state index in [-0.39, 0.29) is 17.6 Å². The van der Waals surface area contributed by atoms with Gasteiger partial charge in [-0.25, -0.2) is 13.8 Å². The van der Waals surface area contributed by atoms with Crippen LogP contribution in [0.5, 0.6) is 0 Å². The highest BCUT2D eigenvalue weighted by Crippen LogP contribution is 2.23. The van der Waals surface area contributed by atoms with E-state index in [1.165, 1.54) is 12.1 Å². The normalized spacial score (nSPS) is 10.7. The first-order valence-electron chi connectivity index (χ1n) is 7.84. The molecule has 0 saturated carbocycles. The lowest BCUT2D eigenvalue weighted by Gasteiger charge is -2.10. The molecule has 0 aliphatic heterocycles. The van der Waals surface area contributed by atoms with Gasteiger partial charge in [-0.2, -0.15) is 4.98 Å². The number of hydrogen-bond acceptors (Lipinski definition) is 5. The molecule has 0 atom stereocenters. The van der Waals surface area contributed by atoms with Crippen molar-refractivity contribution in [2.24, 2.45) is 0 Å². The summed E-state index contributed by atoms with van der Waals surface area (Å²) >= 11 is 0. The van der Waals surface area contributed by atoms with Crippen LogP contribution in [0.4, 0.5) is 31.9 Å². The lowest BCUT2D eigenvalue weighted by atomic mass is 10.2. The average molecular weight is 349 g/mol. The van der Waals surface area contributed by atoms with Crippen LogP contribution < -0.4 is 10.6 Å². The minimum atomic E-state index is -0.596. The van der Waals surface area contributed by atoms with E-state index in [0.29, 0.717) is 11.4 Å². The molecule has 2 N–H and O–H groups in total. The maximum absolute atomic E-state index is 14.1. The van der Waals surface area contributed by atoms with E-state index >= 15 is 0 Å². The molecule has 0 bridgehead atoms. The Morgan fingerprint density at radius 1 is 0.808 bits per heavy atom. The van der Waals surface area contributed by atoms with Crippen molar-refractivity contribution in [1.29, 1.82) is 0 Å². The summed E-state index contributed by atoms with van der Waals surface area (Å²) in [4.78, 5) is 12.3. The summed E-state index contributed by atoms with van der Waals surface area (Å²) in [6.45, 7) is 0. The van der Waals surface area contributed by atoms with E-state index in [0.717, 1.165) is 17.1 Å². The van der Waals surface area contributed by atoms with Crippen LogP contribution in [0, 0.1) is 11.6 Å². The molecule has 0 aliphatic rings. The Bertz CT molecular complexity index is 1080. The van der Waals surface area contributed by atoms with Crippen LogP contribution in [-0.4, -0.2) is 15.0 Å². The van der Waals surface area contributed by atoms with Gasteiger partial charge in [0.25, 0.3) is 0 Å². The van der Waals surface area contributed by atoms with Crippen molar-refractivity contribution in [3.05, 3.63) is 78.6 Å². The Hall–Kier alpha value is -3.61. The summed E-state index contributed by atoms with van der Waals surface area (Å²) in [6, 6.07) is 15.1. The van der Waals surface area contributed by atoms with Gasteiger partial charge < -0.3 is 10.6 Å². The monoisotopic (exact) mass is 349 g/mol. The summed E-state index contributed by atoms with van der Waals surface area (Å²) < 4.78 is 27.4. The molecule has 0 amide bonds. The molecule has 2 aromatic heterocycles. The summed E-state index contributed by atoms with van der Waals surface area (Å²) in [6.07, 6.45) is 2.77. The van der Waals surface area contributed by atoms with Crippen LogP contribution in [-0.2, 0) is 0 Å². The predicted octanol–water partition coefficient (Wildman–Crippen LogP) is 4.79. The van der Waals surface area contributed by atoms with Gasteiger partial charge in [0.2, 0.25) is 5.95 Å². The van der Waals surface area contributed by atoms with Crippen LogP contribution in [0.2, 0.25) is 0 Å². The topological polar surface area (TPSA) is 62.7 Å². The van der Waals surface area contributed by atoms with Gasteiger partial charge in [-0.1, -0.05) is 12.1 Å². The molecule has 2 aromatic carbocycles. The largest absolute Gasteiger partial charge is 0.338 e. The zero-order chi connectivity index (χ0) is 17.9. The third-order valence-corrected chi connectivity index (χ3v) is 3.69. The molecule has 0 saturated heterocycles. The molecule has 5 nitrogen and oxygen atoms in total. The van der Waals surface area contributed by atoms with Crippen molar-refractivity contribution in [3.8, 4) is 0 Å². The fourth-order valence-electron chi connectivity index (χ4n) is 2.50. The molecule has 0 radical (unpaired) electrons. The van der Waals surface area contributed by atoms with Gasteiger partial charge in [0.05, 0.1) is 11.7 Å². The molecule has 0 unspecified atom stereocenters. The lowest BCUT2D eigenvalue weighted by molar-refractivity contribution is 0.619. The third-order valence-electron chi connectivity index (χ3n) is 3.69. The number of fused-ring (bicyclic) bond motifs is 1. The minimum Gasteiger partial charge on any atom is -0.338 e. The van der Waals surface area contributed by atoms with Crippen molar-refractivity contribution < 1.29 is 8.78 Å². The third kappa shape index (κ3) is 3.41. The van der Waals surface area contributed by atoms with E-state index < -0.39 is 5.82 Å². The minimum absolute atomic E-state index is 0.0159. The van der Waals surface area contributed by atoms with Gasteiger partial charge in [-0.15, -0.1) is 0 Å². The molecule has 26 heavy (non-hydrogen) atoms. The SMILES string of the molecule is Fc1cccc(Nc2ncc(F)c(Nc3ccc4ncccc4c3)n2)c1. The Morgan fingerprint density at radius 3 is 2.58 bits per heavy atom. The molecular formula is C19H13F2N5. The first-order chi connectivity index (χ1) is 12.7. The van der Waals surface area contributed by atoms with Crippen LogP contribution in [0.3, 0.4) is 0 Å². The van der Waals surface area contributed by atoms with Crippen molar-refractivity contribution in [1.82, 2.24) is 15.0 Å². The number of benzene rings is 2. The molecule has 7 heteroatoms. The first-order valence-corrected chi connectivity index (χ1v) is 7.84.